The molecule has 3 N–H and O–H groups in total. The molecule has 0 amide bonds. The molecule has 0 aromatic carbocycles. The zero-order valence-electron chi connectivity index (χ0n) is 6.35. The summed E-state index contributed by atoms with van der Waals surface area (Å²) in [5.74, 6) is 0. The average Bonchev–Trinajstić information content (AvgIpc) is 2.30. The predicted octanol–water partition coefficient (Wildman–Crippen LogP) is -1.90. The third kappa shape index (κ3) is 1.87. The average molecular weight is 189 g/mol. The molecule has 0 aliphatic carbocycles. The van der Waals surface area contributed by atoms with E-state index in [2.05, 4.69) is 4.98 Å². The Morgan fingerprint density at radius 1 is 1.50 bits per heavy atom. The number of sulfone groups is 1. The minimum Gasteiger partial charge on any atom is -0.422 e. The molecule has 12 heavy (non-hydrogen) atoms. The van der Waals surface area contributed by atoms with Gasteiger partial charge in [0, 0.05) is 18.0 Å². The smallest absolute Gasteiger partial charge is 0.422 e. The molecule has 0 spiro atoms. The maximum Gasteiger partial charge on any atom is 0.505 e. The zero-order valence-corrected chi connectivity index (χ0v) is 7.17. The van der Waals surface area contributed by atoms with E-state index < -0.39 is 17.0 Å². The van der Waals surface area contributed by atoms with Crippen LogP contribution in [0.5, 0.6) is 0 Å². The van der Waals surface area contributed by atoms with Crippen molar-refractivity contribution in [3.63, 3.8) is 0 Å². The summed E-state index contributed by atoms with van der Waals surface area (Å²) in [5.41, 5.74) is 0.0652. The summed E-state index contributed by atoms with van der Waals surface area (Å²) in [6, 6.07) is 1.18. The van der Waals surface area contributed by atoms with Gasteiger partial charge in [0.25, 0.3) is 0 Å². The Bertz CT molecular complexity index is 369. The van der Waals surface area contributed by atoms with Crippen LogP contribution in [0.2, 0.25) is 0 Å². The Labute approximate surface area is 70.1 Å². The second-order valence-corrected chi connectivity index (χ2v) is 4.45. The van der Waals surface area contributed by atoms with Crippen LogP contribution in [0.3, 0.4) is 0 Å². The Balaban J connectivity index is 3.09. The quantitative estimate of drug-likeness (QED) is 0.474. The van der Waals surface area contributed by atoms with Crippen LogP contribution in [-0.2, 0) is 9.84 Å². The van der Waals surface area contributed by atoms with Gasteiger partial charge in [0.1, 0.15) is 0 Å². The van der Waals surface area contributed by atoms with Gasteiger partial charge >= 0.3 is 7.12 Å². The van der Waals surface area contributed by atoms with Crippen molar-refractivity contribution in [2.45, 2.75) is 4.90 Å². The summed E-state index contributed by atoms with van der Waals surface area (Å²) >= 11 is 0. The molecule has 1 aromatic heterocycles. The highest BCUT2D eigenvalue weighted by molar-refractivity contribution is 7.90. The fourth-order valence-corrected chi connectivity index (χ4v) is 1.37. The summed E-state index contributed by atoms with van der Waals surface area (Å²) in [7, 11) is -4.94. The van der Waals surface area contributed by atoms with Gasteiger partial charge in [-0.15, -0.1) is 0 Å². The normalized spacial score (nSPS) is 11.6. The summed E-state index contributed by atoms with van der Waals surface area (Å²) in [4.78, 5) is 2.48. The Hall–Kier alpha value is -0.785. The molecule has 0 atom stereocenters. The van der Waals surface area contributed by atoms with E-state index in [4.69, 9.17) is 10.0 Å². The van der Waals surface area contributed by atoms with E-state index >= 15 is 0 Å². The van der Waals surface area contributed by atoms with Crippen LogP contribution in [0.1, 0.15) is 0 Å². The predicted molar refractivity (Wildman–Crippen MR) is 43.7 cm³/mol. The molecule has 1 aromatic rings. The van der Waals surface area contributed by atoms with Crippen molar-refractivity contribution in [3.05, 3.63) is 12.3 Å². The van der Waals surface area contributed by atoms with Gasteiger partial charge < -0.3 is 15.0 Å². The first-order valence-corrected chi connectivity index (χ1v) is 5.05. The largest absolute Gasteiger partial charge is 0.505 e. The maximum atomic E-state index is 10.9. The van der Waals surface area contributed by atoms with E-state index in [0.717, 1.165) is 6.26 Å². The minimum atomic E-state index is -3.27. The highest BCUT2D eigenvalue weighted by Gasteiger charge is 2.16. The molecule has 1 heterocycles. The van der Waals surface area contributed by atoms with Gasteiger partial charge in [-0.05, 0) is 6.07 Å². The van der Waals surface area contributed by atoms with Gasteiger partial charge in [0.15, 0.2) is 9.84 Å². The second kappa shape index (κ2) is 2.93. The summed E-state index contributed by atoms with van der Waals surface area (Å²) in [6.07, 6.45) is 2.26. The van der Waals surface area contributed by atoms with Gasteiger partial charge in [-0.2, -0.15) is 0 Å². The summed E-state index contributed by atoms with van der Waals surface area (Å²) in [5, 5.41) is 17.3. The number of nitrogens with one attached hydrogen (secondary N) is 1. The van der Waals surface area contributed by atoms with Crippen LogP contribution in [-0.4, -0.2) is 36.8 Å². The molecule has 0 radical (unpaired) electrons. The number of rotatable bonds is 2. The van der Waals surface area contributed by atoms with E-state index in [0.29, 0.717) is 0 Å². The van der Waals surface area contributed by atoms with Crippen molar-refractivity contribution in [3.8, 4) is 0 Å². The first-order valence-electron chi connectivity index (χ1n) is 3.16. The molecular weight excluding hydrogens is 181 g/mol. The number of hydrogen-bond donors (Lipinski definition) is 3. The summed E-state index contributed by atoms with van der Waals surface area (Å²) < 4.78 is 21.8. The van der Waals surface area contributed by atoms with Crippen molar-refractivity contribution in [2.75, 3.05) is 6.26 Å². The van der Waals surface area contributed by atoms with Crippen molar-refractivity contribution >= 4 is 22.5 Å². The molecule has 5 nitrogen and oxygen atoms in total. The first kappa shape index (κ1) is 9.30. The van der Waals surface area contributed by atoms with Crippen LogP contribution in [0, 0.1) is 0 Å². The third-order valence-electron chi connectivity index (χ3n) is 1.39. The van der Waals surface area contributed by atoms with Crippen molar-refractivity contribution in [1.29, 1.82) is 0 Å². The van der Waals surface area contributed by atoms with Crippen LogP contribution in [0.4, 0.5) is 0 Å². The molecule has 0 aliphatic heterocycles. The second-order valence-electron chi connectivity index (χ2n) is 2.44. The molecule has 0 bridgehead atoms. The van der Waals surface area contributed by atoms with Gasteiger partial charge in [0.2, 0.25) is 0 Å². The zero-order chi connectivity index (χ0) is 9.35. The van der Waals surface area contributed by atoms with E-state index in [1.54, 1.807) is 0 Å². The van der Waals surface area contributed by atoms with E-state index in [1.165, 1.54) is 12.3 Å². The van der Waals surface area contributed by atoms with Crippen LogP contribution < -0.4 is 5.59 Å². The Kier molecular flexibility index (Phi) is 2.27. The molecule has 1 rings (SSSR count). The fourth-order valence-electron chi connectivity index (χ4n) is 0.754. The standard InChI is InChI=1S/C5H8BNO4S/c1-12(10,11)4-2-5(6(8)9)7-3-4/h2-3,7-9H,1H3. The van der Waals surface area contributed by atoms with Crippen LogP contribution in [0.25, 0.3) is 0 Å². The molecule has 66 valence electrons. The first-order chi connectivity index (χ1) is 5.41. The SMILES string of the molecule is CS(=O)(=O)c1c[nH]c(B(O)O)c1. The lowest BCUT2D eigenvalue weighted by atomic mass is 9.87. The highest BCUT2D eigenvalue weighted by atomic mass is 32.2. The van der Waals surface area contributed by atoms with Gasteiger partial charge in [-0.3, -0.25) is 0 Å². The third-order valence-corrected chi connectivity index (χ3v) is 2.48. The number of hydrogen-bond acceptors (Lipinski definition) is 4. The molecule has 0 unspecified atom stereocenters. The van der Waals surface area contributed by atoms with Crippen molar-refractivity contribution < 1.29 is 18.5 Å². The monoisotopic (exact) mass is 189 g/mol. The van der Waals surface area contributed by atoms with Crippen LogP contribution in [0.15, 0.2) is 17.2 Å². The van der Waals surface area contributed by atoms with Gasteiger partial charge in [0.05, 0.1) is 4.90 Å². The number of aromatic amines is 1. The van der Waals surface area contributed by atoms with Crippen molar-refractivity contribution in [1.82, 2.24) is 4.98 Å². The van der Waals surface area contributed by atoms with Crippen molar-refractivity contribution in [2.24, 2.45) is 0 Å². The van der Waals surface area contributed by atoms with E-state index in [-0.39, 0.29) is 10.5 Å². The van der Waals surface area contributed by atoms with Crippen LogP contribution >= 0.6 is 0 Å². The molecular formula is C5H8BNO4S. The number of aromatic nitrogens is 1. The molecule has 0 fully saturated rings. The van der Waals surface area contributed by atoms with Gasteiger partial charge in [-0.1, -0.05) is 0 Å². The Morgan fingerprint density at radius 3 is 2.33 bits per heavy atom. The lowest BCUT2D eigenvalue weighted by Gasteiger charge is -1.90. The molecule has 0 aliphatic rings. The number of H-pyrrole nitrogens is 1. The summed E-state index contributed by atoms with van der Waals surface area (Å²) in [6.45, 7) is 0. The minimum absolute atomic E-state index is 0.0469. The van der Waals surface area contributed by atoms with Gasteiger partial charge in [-0.25, -0.2) is 8.42 Å². The molecule has 7 heteroatoms. The molecule has 0 saturated heterocycles. The van der Waals surface area contributed by atoms with E-state index in [1.807, 2.05) is 0 Å². The lowest BCUT2D eigenvalue weighted by Crippen LogP contribution is -2.30. The topological polar surface area (TPSA) is 90.4 Å². The van der Waals surface area contributed by atoms with E-state index in [9.17, 15) is 8.42 Å². The highest BCUT2D eigenvalue weighted by Crippen LogP contribution is 2.04. The Morgan fingerprint density at radius 2 is 2.08 bits per heavy atom. The molecule has 0 saturated carbocycles. The maximum absolute atomic E-state index is 10.9. The lowest BCUT2D eigenvalue weighted by molar-refractivity contribution is 0.424. The fraction of sp³-hybridized carbons (Fsp3) is 0.200.